The first-order valence-corrected chi connectivity index (χ1v) is 4.71. The zero-order valence-corrected chi connectivity index (χ0v) is 8.89. The number of benzene rings is 1. The summed E-state index contributed by atoms with van der Waals surface area (Å²) in [6.07, 6.45) is 2.07. The summed E-state index contributed by atoms with van der Waals surface area (Å²) in [5.41, 5.74) is 3.29. The maximum absolute atomic E-state index is 12.8. The highest BCUT2D eigenvalue weighted by atomic mass is 19.1. The highest BCUT2D eigenvalue weighted by molar-refractivity contribution is 5.56. The van der Waals surface area contributed by atoms with Crippen molar-refractivity contribution in [2.75, 3.05) is 13.6 Å². The van der Waals surface area contributed by atoms with Gasteiger partial charge in [-0.25, -0.2) is 4.39 Å². The smallest absolute Gasteiger partial charge is 0.123 e. The van der Waals surface area contributed by atoms with E-state index < -0.39 is 0 Å². The fourth-order valence-electron chi connectivity index (χ4n) is 1.40. The molecule has 76 valence electrons. The number of halogens is 1. The fourth-order valence-corrected chi connectivity index (χ4v) is 1.40. The van der Waals surface area contributed by atoms with Crippen LogP contribution in [0.25, 0.3) is 6.08 Å². The first-order chi connectivity index (χ1) is 6.63. The van der Waals surface area contributed by atoms with Gasteiger partial charge in [-0.2, -0.15) is 0 Å². The molecular weight excluding hydrogens is 177 g/mol. The van der Waals surface area contributed by atoms with Crippen molar-refractivity contribution >= 4 is 6.08 Å². The Morgan fingerprint density at radius 3 is 2.79 bits per heavy atom. The Bertz CT molecular complexity index is 342. The van der Waals surface area contributed by atoms with Crippen LogP contribution < -0.4 is 5.32 Å². The standard InChI is InChI=1S/C12H16FN/c1-9(8-14-3)6-11-4-5-12(13)7-10(11)2/h4-7,14H,8H2,1-3H3/b9-6+. The van der Waals surface area contributed by atoms with E-state index in [1.165, 1.54) is 11.6 Å². The summed E-state index contributed by atoms with van der Waals surface area (Å²) in [6, 6.07) is 4.85. The van der Waals surface area contributed by atoms with Crippen LogP contribution in [-0.4, -0.2) is 13.6 Å². The molecule has 0 unspecified atom stereocenters. The molecule has 0 fully saturated rings. The molecule has 0 aliphatic rings. The summed E-state index contributed by atoms with van der Waals surface area (Å²) in [4.78, 5) is 0. The van der Waals surface area contributed by atoms with Crippen LogP contribution in [0.15, 0.2) is 23.8 Å². The third-order valence-corrected chi connectivity index (χ3v) is 2.09. The van der Waals surface area contributed by atoms with Crippen molar-refractivity contribution in [1.82, 2.24) is 5.32 Å². The molecule has 14 heavy (non-hydrogen) atoms. The van der Waals surface area contributed by atoms with Crippen LogP contribution in [0.2, 0.25) is 0 Å². The largest absolute Gasteiger partial charge is 0.316 e. The quantitative estimate of drug-likeness (QED) is 0.778. The van der Waals surface area contributed by atoms with E-state index in [2.05, 4.69) is 18.3 Å². The lowest BCUT2D eigenvalue weighted by Crippen LogP contribution is -2.08. The molecule has 1 rings (SSSR count). The molecule has 0 bridgehead atoms. The number of hydrogen-bond acceptors (Lipinski definition) is 1. The Labute approximate surface area is 84.6 Å². The summed E-state index contributed by atoms with van der Waals surface area (Å²) in [5.74, 6) is -0.175. The Morgan fingerprint density at radius 1 is 1.50 bits per heavy atom. The zero-order chi connectivity index (χ0) is 10.6. The van der Waals surface area contributed by atoms with Crippen LogP contribution in [0.3, 0.4) is 0 Å². The van der Waals surface area contributed by atoms with E-state index in [9.17, 15) is 4.39 Å². The van der Waals surface area contributed by atoms with Gasteiger partial charge in [0.1, 0.15) is 5.82 Å². The van der Waals surface area contributed by atoms with E-state index in [0.717, 1.165) is 17.7 Å². The van der Waals surface area contributed by atoms with Gasteiger partial charge in [-0.3, -0.25) is 0 Å². The molecule has 1 aromatic rings. The molecule has 1 N–H and O–H groups in total. The van der Waals surface area contributed by atoms with Crippen molar-refractivity contribution in [1.29, 1.82) is 0 Å². The Balaban J connectivity index is 2.91. The molecule has 0 radical (unpaired) electrons. The molecule has 1 nitrogen and oxygen atoms in total. The number of aryl methyl sites for hydroxylation is 1. The number of nitrogens with one attached hydrogen (secondary N) is 1. The monoisotopic (exact) mass is 193 g/mol. The SMILES string of the molecule is CNC/C(C)=C/c1ccc(F)cc1C. The van der Waals surface area contributed by atoms with Gasteiger partial charge in [0.05, 0.1) is 0 Å². The molecule has 0 amide bonds. The third-order valence-electron chi connectivity index (χ3n) is 2.09. The molecule has 0 saturated carbocycles. The molecular formula is C12H16FN. The second-order valence-corrected chi connectivity index (χ2v) is 3.52. The maximum Gasteiger partial charge on any atom is 0.123 e. The lowest BCUT2D eigenvalue weighted by Gasteiger charge is -2.03. The molecule has 2 heteroatoms. The van der Waals surface area contributed by atoms with Gasteiger partial charge in [0.25, 0.3) is 0 Å². The van der Waals surface area contributed by atoms with Crippen molar-refractivity contribution in [3.63, 3.8) is 0 Å². The molecule has 0 aliphatic carbocycles. The molecule has 1 aromatic carbocycles. The number of hydrogen-bond donors (Lipinski definition) is 1. The third kappa shape index (κ3) is 2.96. The van der Waals surface area contributed by atoms with E-state index >= 15 is 0 Å². The predicted molar refractivity (Wildman–Crippen MR) is 58.7 cm³/mol. The second kappa shape index (κ2) is 4.91. The topological polar surface area (TPSA) is 12.0 Å². The van der Waals surface area contributed by atoms with Gasteiger partial charge >= 0.3 is 0 Å². The lowest BCUT2D eigenvalue weighted by molar-refractivity contribution is 0.626. The summed E-state index contributed by atoms with van der Waals surface area (Å²) in [7, 11) is 1.91. The van der Waals surface area contributed by atoms with E-state index in [1.54, 1.807) is 6.07 Å². The predicted octanol–water partition coefficient (Wildman–Crippen LogP) is 2.76. The van der Waals surface area contributed by atoms with Crippen LogP contribution >= 0.6 is 0 Å². The molecule has 0 aliphatic heterocycles. The molecule has 0 spiro atoms. The van der Waals surface area contributed by atoms with Crippen LogP contribution in [0.1, 0.15) is 18.1 Å². The first kappa shape index (κ1) is 10.9. The lowest BCUT2D eigenvalue weighted by atomic mass is 10.1. The minimum Gasteiger partial charge on any atom is -0.316 e. The van der Waals surface area contributed by atoms with Gasteiger partial charge in [-0.05, 0) is 44.2 Å². The van der Waals surface area contributed by atoms with Gasteiger partial charge in [0, 0.05) is 6.54 Å². The van der Waals surface area contributed by atoms with Crippen LogP contribution in [-0.2, 0) is 0 Å². The van der Waals surface area contributed by atoms with Crippen LogP contribution in [0.5, 0.6) is 0 Å². The molecule has 0 aromatic heterocycles. The Morgan fingerprint density at radius 2 is 2.21 bits per heavy atom. The molecule has 0 saturated heterocycles. The van der Waals surface area contributed by atoms with Gasteiger partial charge in [0.15, 0.2) is 0 Å². The van der Waals surface area contributed by atoms with Crippen LogP contribution in [0, 0.1) is 12.7 Å². The Kier molecular flexibility index (Phi) is 3.84. The molecule has 0 heterocycles. The van der Waals surface area contributed by atoms with Crippen molar-refractivity contribution in [2.24, 2.45) is 0 Å². The minimum absolute atomic E-state index is 0.175. The fraction of sp³-hybridized carbons (Fsp3) is 0.333. The average Bonchev–Trinajstić information content (AvgIpc) is 2.10. The maximum atomic E-state index is 12.8. The molecule has 0 atom stereocenters. The van der Waals surface area contributed by atoms with E-state index in [0.29, 0.717) is 0 Å². The van der Waals surface area contributed by atoms with Crippen LogP contribution in [0.4, 0.5) is 4.39 Å². The number of likely N-dealkylation sites (N-methyl/N-ethyl adjacent to an activating group) is 1. The van der Waals surface area contributed by atoms with Crippen molar-refractivity contribution in [3.8, 4) is 0 Å². The van der Waals surface area contributed by atoms with Crippen molar-refractivity contribution in [3.05, 3.63) is 40.7 Å². The highest BCUT2D eigenvalue weighted by Gasteiger charge is 1.97. The first-order valence-electron chi connectivity index (χ1n) is 4.71. The highest BCUT2D eigenvalue weighted by Crippen LogP contribution is 2.13. The van der Waals surface area contributed by atoms with Gasteiger partial charge in [-0.1, -0.05) is 17.7 Å². The summed E-state index contributed by atoms with van der Waals surface area (Å²) in [5, 5.41) is 3.08. The van der Waals surface area contributed by atoms with E-state index in [1.807, 2.05) is 20.0 Å². The summed E-state index contributed by atoms with van der Waals surface area (Å²) >= 11 is 0. The normalized spacial score (nSPS) is 11.9. The van der Waals surface area contributed by atoms with Crippen molar-refractivity contribution in [2.45, 2.75) is 13.8 Å². The average molecular weight is 193 g/mol. The van der Waals surface area contributed by atoms with E-state index in [-0.39, 0.29) is 5.82 Å². The zero-order valence-electron chi connectivity index (χ0n) is 8.89. The number of rotatable bonds is 3. The van der Waals surface area contributed by atoms with Gasteiger partial charge < -0.3 is 5.32 Å². The van der Waals surface area contributed by atoms with Crippen molar-refractivity contribution < 1.29 is 4.39 Å². The minimum atomic E-state index is -0.175. The second-order valence-electron chi connectivity index (χ2n) is 3.52. The van der Waals surface area contributed by atoms with Gasteiger partial charge in [-0.15, -0.1) is 0 Å². The summed E-state index contributed by atoms with van der Waals surface area (Å²) in [6.45, 7) is 4.83. The summed E-state index contributed by atoms with van der Waals surface area (Å²) < 4.78 is 12.8. The Hall–Kier alpha value is -1.15. The van der Waals surface area contributed by atoms with Gasteiger partial charge in [0.2, 0.25) is 0 Å². The van der Waals surface area contributed by atoms with E-state index in [4.69, 9.17) is 0 Å².